The maximum atomic E-state index is 8.95. The molecule has 0 saturated carbocycles. The Kier molecular flexibility index (Phi) is 5.31. The Hall–Kier alpha value is -1.73. The van der Waals surface area contributed by atoms with Crippen LogP contribution in [-0.4, -0.2) is 31.1 Å². The van der Waals surface area contributed by atoms with Gasteiger partial charge < -0.3 is 15.4 Å². The summed E-state index contributed by atoms with van der Waals surface area (Å²) in [5.74, 6) is 0.605. The quantitative estimate of drug-likeness (QED) is 0.762. The van der Waals surface area contributed by atoms with Crippen LogP contribution >= 0.6 is 0 Å². The standard InChI is InChI=1S/C13H19N3O/c1-3-16(4-2)7-8-17-13-6-5-12(15)9-11(13)10-14/h5-6,9H,3-4,7-8,15H2,1-2H3. The Morgan fingerprint density at radius 3 is 2.65 bits per heavy atom. The molecule has 0 aliphatic heterocycles. The van der Waals surface area contributed by atoms with Crippen LogP contribution in [0.3, 0.4) is 0 Å². The molecule has 0 radical (unpaired) electrons. The van der Waals surface area contributed by atoms with Crippen LogP contribution in [0.25, 0.3) is 0 Å². The van der Waals surface area contributed by atoms with E-state index in [4.69, 9.17) is 15.7 Å². The number of nitrogen functional groups attached to an aromatic ring is 1. The Morgan fingerprint density at radius 1 is 1.35 bits per heavy atom. The number of hydrogen-bond acceptors (Lipinski definition) is 4. The Balaban J connectivity index is 2.55. The monoisotopic (exact) mass is 233 g/mol. The van der Waals surface area contributed by atoms with Gasteiger partial charge >= 0.3 is 0 Å². The van der Waals surface area contributed by atoms with Gasteiger partial charge in [-0.2, -0.15) is 5.26 Å². The van der Waals surface area contributed by atoms with Crippen LogP contribution in [0.4, 0.5) is 5.69 Å². The smallest absolute Gasteiger partial charge is 0.137 e. The summed E-state index contributed by atoms with van der Waals surface area (Å²) in [6, 6.07) is 7.21. The van der Waals surface area contributed by atoms with Gasteiger partial charge in [-0.15, -0.1) is 0 Å². The zero-order valence-electron chi connectivity index (χ0n) is 10.4. The molecular weight excluding hydrogens is 214 g/mol. The number of nitrogens with zero attached hydrogens (tertiary/aromatic N) is 2. The van der Waals surface area contributed by atoms with E-state index in [0.29, 0.717) is 23.6 Å². The van der Waals surface area contributed by atoms with Crippen molar-refractivity contribution in [2.45, 2.75) is 13.8 Å². The first-order chi connectivity index (χ1) is 8.21. The first-order valence-electron chi connectivity index (χ1n) is 5.86. The Morgan fingerprint density at radius 2 is 2.06 bits per heavy atom. The third kappa shape index (κ3) is 3.97. The lowest BCUT2D eigenvalue weighted by Crippen LogP contribution is -2.28. The molecule has 2 N–H and O–H groups in total. The van der Waals surface area contributed by atoms with Crippen LogP contribution < -0.4 is 10.5 Å². The molecule has 0 heterocycles. The van der Waals surface area contributed by atoms with E-state index in [1.165, 1.54) is 0 Å². The third-order valence-corrected chi connectivity index (χ3v) is 2.68. The predicted molar refractivity (Wildman–Crippen MR) is 68.9 cm³/mol. The van der Waals surface area contributed by atoms with Crippen molar-refractivity contribution in [3.8, 4) is 11.8 Å². The molecule has 0 fully saturated rings. The molecule has 0 atom stereocenters. The minimum absolute atomic E-state index is 0.490. The zero-order chi connectivity index (χ0) is 12.7. The normalized spacial score (nSPS) is 10.2. The van der Waals surface area contributed by atoms with Crippen molar-refractivity contribution < 1.29 is 4.74 Å². The molecule has 1 aromatic rings. The number of anilines is 1. The lowest BCUT2D eigenvalue weighted by atomic mass is 10.2. The molecule has 17 heavy (non-hydrogen) atoms. The first-order valence-corrected chi connectivity index (χ1v) is 5.86. The SMILES string of the molecule is CCN(CC)CCOc1ccc(N)cc1C#N. The van der Waals surface area contributed by atoms with Crippen molar-refractivity contribution in [2.24, 2.45) is 0 Å². The molecule has 1 aromatic carbocycles. The fourth-order valence-corrected chi connectivity index (χ4v) is 1.59. The van der Waals surface area contributed by atoms with Crippen LogP contribution in [0.2, 0.25) is 0 Å². The highest BCUT2D eigenvalue weighted by Crippen LogP contribution is 2.20. The number of ether oxygens (including phenoxy) is 1. The Labute approximate surface area is 103 Å². The summed E-state index contributed by atoms with van der Waals surface area (Å²) in [6.45, 7) is 7.70. The first kappa shape index (κ1) is 13.3. The number of benzene rings is 1. The number of rotatable bonds is 6. The van der Waals surface area contributed by atoms with Crippen molar-refractivity contribution in [1.82, 2.24) is 4.90 Å². The largest absolute Gasteiger partial charge is 0.491 e. The van der Waals surface area contributed by atoms with E-state index in [2.05, 4.69) is 24.8 Å². The third-order valence-electron chi connectivity index (χ3n) is 2.68. The van der Waals surface area contributed by atoms with Crippen LogP contribution in [0, 0.1) is 11.3 Å². The van der Waals surface area contributed by atoms with Gasteiger partial charge in [0.2, 0.25) is 0 Å². The second-order valence-corrected chi connectivity index (χ2v) is 3.74. The summed E-state index contributed by atoms with van der Waals surface area (Å²) in [7, 11) is 0. The molecule has 0 unspecified atom stereocenters. The van der Waals surface area contributed by atoms with Crippen molar-refractivity contribution in [1.29, 1.82) is 5.26 Å². The molecule has 92 valence electrons. The van der Waals surface area contributed by atoms with Crippen molar-refractivity contribution in [2.75, 3.05) is 32.0 Å². The summed E-state index contributed by atoms with van der Waals surface area (Å²) in [6.07, 6.45) is 0. The number of likely N-dealkylation sites (N-methyl/N-ethyl adjacent to an activating group) is 1. The van der Waals surface area contributed by atoms with E-state index in [9.17, 15) is 0 Å². The molecule has 0 aliphatic rings. The van der Waals surface area contributed by atoms with Crippen molar-refractivity contribution in [3.63, 3.8) is 0 Å². The predicted octanol–water partition coefficient (Wildman–Crippen LogP) is 1.86. The molecule has 4 heteroatoms. The van der Waals surface area contributed by atoms with E-state index < -0.39 is 0 Å². The molecule has 0 bridgehead atoms. The summed E-state index contributed by atoms with van der Waals surface area (Å²) in [5.41, 5.74) is 6.68. The average Bonchev–Trinajstić information content (AvgIpc) is 2.36. The topological polar surface area (TPSA) is 62.3 Å². The Bertz CT molecular complexity index is 394. The van der Waals surface area contributed by atoms with Gasteiger partial charge in [-0.1, -0.05) is 13.8 Å². The molecular formula is C13H19N3O. The van der Waals surface area contributed by atoms with E-state index in [1.54, 1.807) is 18.2 Å². The van der Waals surface area contributed by atoms with Gasteiger partial charge in [0, 0.05) is 12.2 Å². The van der Waals surface area contributed by atoms with Gasteiger partial charge in [-0.3, -0.25) is 0 Å². The maximum absolute atomic E-state index is 8.95. The molecule has 0 aliphatic carbocycles. The highest BCUT2D eigenvalue weighted by atomic mass is 16.5. The summed E-state index contributed by atoms with van der Waals surface area (Å²) in [5, 5.41) is 8.95. The van der Waals surface area contributed by atoms with Crippen molar-refractivity contribution >= 4 is 5.69 Å². The summed E-state index contributed by atoms with van der Waals surface area (Å²) >= 11 is 0. The minimum atomic E-state index is 0.490. The fraction of sp³-hybridized carbons (Fsp3) is 0.462. The van der Waals surface area contributed by atoms with Gasteiger partial charge in [-0.05, 0) is 31.3 Å². The zero-order valence-corrected chi connectivity index (χ0v) is 10.4. The minimum Gasteiger partial charge on any atom is -0.491 e. The molecule has 0 amide bonds. The van der Waals surface area contributed by atoms with Crippen molar-refractivity contribution in [3.05, 3.63) is 23.8 Å². The molecule has 0 aromatic heterocycles. The van der Waals surface area contributed by atoms with Crippen LogP contribution in [0.5, 0.6) is 5.75 Å². The molecule has 0 spiro atoms. The summed E-state index contributed by atoms with van der Waals surface area (Å²) in [4.78, 5) is 2.27. The number of nitrogens with two attached hydrogens (primary N) is 1. The van der Waals surface area contributed by atoms with E-state index in [1.807, 2.05) is 0 Å². The molecule has 4 nitrogen and oxygen atoms in total. The van der Waals surface area contributed by atoms with Gasteiger partial charge in [0.15, 0.2) is 0 Å². The lowest BCUT2D eigenvalue weighted by molar-refractivity contribution is 0.222. The fourth-order valence-electron chi connectivity index (χ4n) is 1.59. The number of nitriles is 1. The van der Waals surface area contributed by atoms with Gasteiger partial charge in [0.1, 0.15) is 18.4 Å². The lowest BCUT2D eigenvalue weighted by Gasteiger charge is -2.18. The molecule has 0 saturated heterocycles. The second-order valence-electron chi connectivity index (χ2n) is 3.74. The summed E-state index contributed by atoms with van der Waals surface area (Å²) < 4.78 is 5.60. The van der Waals surface area contributed by atoms with Gasteiger partial charge in [-0.25, -0.2) is 0 Å². The number of hydrogen-bond donors (Lipinski definition) is 1. The van der Waals surface area contributed by atoms with Crippen LogP contribution in [-0.2, 0) is 0 Å². The van der Waals surface area contributed by atoms with E-state index in [0.717, 1.165) is 19.6 Å². The molecule has 1 rings (SSSR count). The average molecular weight is 233 g/mol. The van der Waals surface area contributed by atoms with Crippen LogP contribution in [0.1, 0.15) is 19.4 Å². The second kappa shape index (κ2) is 6.77. The van der Waals surface area contributed by atoms with E-state index >= 15 is 0 Å². The highest BCUT2D eigenvalue weighted by molar-refractivity contribution is 5.53. The van der Waals surface area contributed by atoms with Crippen LogP contribution in [0.15, 0.2) is 18.2 Å². The van der Waals surface area contributed by atoms with Gasteiger partial charge in [0.25, 0.3) is 0 Å². The van der Waals surface area contributed by atoms with Gasteiger partial charge in [0.05, 0.1) is 5.56 Å². The maximum Gasteiger partial charge on any atom is 0.137 e. The highest BCUT2D eigenvalue weighted by Gasteiger charge is 2.04. The van der Waals surface area contributed by atoms with E-state index in [-0.39, 0.29) is 0 Å².